The first-order valence-electron chi connectivity index (χ1n) is 6.60. The second-order valence-electron chi connectivity index (χ2n) is 4.85. The molecule has 0 aliphatic carbocycles. The molecule has 6 heteroatoms. The Morgan fingerprint density at radius 1 is 1.60 bits per heavy atom. The van der Waals surface area contributed by atoms with Crippen LogP contribution in [-0.2, 0) is 9.53 Å². The SMILES string of the molecule is CC(=O)N(CC1CCCO1)c1nc2c(F)cccc2s1. The van der Waals surface area contributed by atoms with Crippen LogP contribution in [0, 0.1) is 5.82 Å². The van der Waals surface area contributed by atoms with Gasteiger partial charge in [-0.2, -0.15) is 0 Å². The number of rotatable bonds is 3. The number of halogens is 1. The van der Waals surface area contributed by atoms with Gasteiger partial charge in [-0.05, 0) is 25.0 Å². The molecule has 1 aliphatic heterocycles. The molecule has 1 amide bonds. The molecule has 4 nitrogen and oxygen atoms in total. The van der Waals surface area contributed by atoms with Gasteiger partial charge in [0.15, 0.2) is 5.13 Å². The largest absolute Gasteiger partial charge is 0.376 e. The number of amides is 1. The van der Waals surface area contributed by atoms with Crippen molar-refractivity contribution in [3.05, 3.63) is 24.0 Å². The molecule has 1 aromatic carbocycles. The number of para-hydroxylation sites is 1. The smallest absolute Gasteiger partial charge is 0.225 e. The van der Waals surface area contributed by atoms with Gasteiger partial charge in [0.1, 0.15) is 11.3 Å². The van der Waals surface area contributed by atoms with Gasteiger partial charge in [0.25, 0.3) is 0 Å². The Labute approximate surface area is 120 Å². The zero-order chi connectivity index (χ0) is 14.1. The Balaban J connectivity index is 1.92. The van der Waals surface area contributed by atoms with Gasteiger partial charge in [-0.1, -0.05) is 17.4 Å². The van der Waals surface area contributed by atoms with E-state index in [4.69, 9.17) is 4.74 Å². The third-order valence-corrected chi connectivity index (χ3v) is 4.42. The van der Waals surface area contributed by atoms with Crippen molar-refractivity contribution in [3.8, 4) is 0 Å². The minimum absolute atomic E-state index is 0.0516. The van der Waals surface area contributed by atoms with E-state index in [-0.39, 0.29) is 17.8 Å². The van der Waals surface area contributed by atoms with E-state index in [1.807, 2.05) is 6.07 Å². The zero-order valence-corrected chi connectivity index (χ0v) is 12.0. The Hall–Kier alpha value is -1.53. The fourth-order valence-electron chi connectivity index (χ4n) is 2.35. The number of fused-ring (bicyclic) bond motifs is 1. The molecule has 1 aliphatic rings. The quantitative estimate of drug-likeness (QED) is 0.874. The van der Waals surface area contributed by atoms with Crippen molar-refractivity contribution in [1.82, 2.24) is 4.98 Å². The summed E-state index contributed by atoms with van der Waals surface area (Å²) in [5.74, 6) is -0.453. The molecule has 1 saturated heterocycles. The van der Waals surface area contributed by atoms with E-state index in [1.54, 1.807) is 11.0 Å². The zero-order valence-electron chi connectivity index (χ0n) is 11.1. The summed E-state index contributed by atoms with van der Waals surface area (Å²) < 4.78 is 20.0. The van der Waals surface area contributed by atoms with Crippen LogP contribution in [0.1, 0.15) is 19.8 Å². The molecular formula is C14H15FN2O2S. The number of thiazole rings is 1. The van der Waals surface area contributed by atoms with E-state index in [1.165, 1.54) is 24.3 Å². The van der Waals surface area contributed by atoms with Crippen molar-refractivity contribution in [2.24, 2.45) is 0 Å². The van der Waals surface area contributed by atoms with E-state index in [9.17, 15) is 9.18 Å². The van der Waals surface area contributed by atoms with Gasteiger partial charge in [0.05, 0.1) is 17.3 Å². The van der Waals surface area contributed by atoms with Crippen LogP contribution in [0.4, 0.5) is 9.52 Å². The van der Waals surface area contributed by atoms with Crippen LogP contribution in [-0.4, -0.2) is 30.1 Å². The number of ether oxygens (including phenoxy) is 1. The predicted molar refractivity (Wildman–Crippen MR) is 76.6 cm³/mol. The standard InChI is InChI=1S/C14H15FN2O2S/c1-9(18)17(8-10-4-3-7-19-10)14-16-13-11(15)5-2-6-12(13)20-14/h2,5-6,10H,3-4,7-8H2,1H3. The van der Waals surface area contributed by atoms with Gasteiger partial charge in [-0.15, -0.1) is 0 Å². The van der Waals surface area contributed by atoms with Crippen molar-refractivity contribution < 1.29 is 13.9 Å². The summed E-state index contributed by atoms with van der Waals surface area (Å²) in [5, 5.41) is 0.535. The maximum Gasteiger partial charge on any atom is 0.225 e. The predicted octanol–water partition coefficient (Wildman–Crippen LogP) is 2.97. The first kappa shape index (κ1) is 13.5. The second kappa shape index (κ2) is 5.46. The summed E-state index contributed by atoms with van der Waals surface area (Å²) in [6.45, 7) is 2.72. The molecule has 0 N–H and O–H groups in total. The van der Waals surface area contributed by atoms with Gasteiger partial charge in [0.2, 0.25) is 5.91 Å². The highest BCUT2D eigenvalue weighted by Crippen LogP contribution is 2.31. The second-order valence-corrected chi connectivity index (χ2v) is 5.86. The number of carbonyl (C=O) groups is 1. The Kier molecular flexibility index (Phi) is 3.67. The maximum absolute atomic E-state index is 13.7. The summed E-state index contributed by atoms with van der Waals surface area (Å²) in [4.78, 5) is 17.7. The number of benzene rings is 1. The van der Waals surface area contributed by atoms with Crippen LogP contribution in [0.15, 0.2) is 18.2 Å². The van der Waals surface area contributed by atoms with E-state index in [0.29, 0.717) is 17.2 Å². The number of hydrogen-bond donors (Lipinski definition) is 0. The minimum Gasteiger partial charge on any atom is -0.376 e. The Morgan fingerprint density at radius 2 is 2.45 bits per heavy atom. The number of aromatic nitrogens is 1. The molecule has 3 rings (SSSR count). The molecule has 1 atom stereocenters. The lowest BCUT2D eigenvalue weighted by atomic mass is 10.2. The Bertz CT molecular complexity index is 637. The fourth-order valence-corrected chi connectivity index (χ4v) is 3.39. The first-order chi connectivity index (χ1) is 9.65. The van der Waals surface area contributed by atoms with Gasteiger partial charge in [-0.3, -0.25) is 9.69 Å². The topological polar surface area (TPSA) is 42.4 Å². The molecule has 1 aromatic heterocycles. The lowest BCUT2D eigenvalue weighted by Gasteiger charge is -2.21. The van der Waals surface area contributed by atoms with Crippen molar-refractivity contribution in [2.45, 2.75) is 25.9 Å². The van der Waals surface area contributed by atoms with Crippen molar-refractivity contribution >= 4 is 32.6 Å². The molecule has 0 spiro atoms. The van der Waals surface area contributed by atoms with E-state index >= 15 is 0 Å². The number of hydrogen-bond acceptors (Lipinski definition) is 4. The summed E-state index contributed by atoms with van der Waals surface area (Å²) >= 11 is 1.33. The number of anilines is 1. The maximum atomic E-state index is 13.7. The molecule has 1 unspecified atom stereocenters. The van der Waals surface area contributed by atoms with Crippen LogP contribution in [0.5, 0.6) is 0 Å². The van der Waals surface area contributed by atoms with Crippen LogP contribution in [0.2, 0.25) is 0 Å². The highest BCUT2D eigenvalue weighted by atomic mass is 32.1. The molecular weight excluding hydrogens is 279 g/mol. The van der Waals surface area contributed by atoms with Crippen molar-refractivity contribution in [3.63, 3.8) is 0 Å². The molecule has 2 aromatic rings. The van der Waals surface area contributed by atoms with Crippen molar-refractivity contribution in [1.29, 1.82) is 0 Å². The lowest BCUT2D eigenvalue weighted by Crippen LogP contribution is -2.35. The fraction of sp³-hybridized carbons (Fsp3) is 0.429. The molecule has 106 valence electrons. The lowest BCUT2D eigenvalue weighted by molar-refractivity contribution is -0.116. The summed E-state index contributed by atoms with van der Waals surface area (Å²) in [5.41, 5.74) is 0.325. The average Bonchev–Trinajstić information content (AvgIpc) is 3.05. The van der Waals surface area contributed by atoms with Gasteiger partial charge < -0.3 is 4.74 Å². The average molecular weight is 294 g/mol. The van der Waals surface area contributed by atoms with Gasteiger partial charge in [-0.25, -0.2) is 9.37 Å². The first-order valence-corrected chi connectivity index (χ1v) is 7.41. The van der Waals surface area contributed by atoms with Gasteiger partial charge >= 0.3 is 0 Å². The molecule has 2 heterocycles. The third-order valence-electron chi connectivity index (χ3n) is 3.38. The van der Waals surface area contributed by atoms with Gasteiger partial charge in [0, 0.05) is 13.5 Å². The van der Waals surface area contributed by atoms with E-state index in [0.717, 1.165) is 24.1 Å². The number of carbonyl (C=O) groups excluding carboxylic acids is 1. The molecule has 0 radical (unpaired) electrons. The molecule has 20 heavy (non-hydrogen) atoms. The van der Waals surface area contributed by atoms with Crippen molar-refractivity contribution in [2.75, 3.05) is 18.1 Å². The van der Waals surface area contributed by atoms with Crippen LogP contribution >= 0.6 is 11.3 Å². The molecule has 0 saturated carbocycles. The van der Waals surface area contributed by atoms with Crippen LogP contribution in [0.25, 0.3) is 10.2 Å². The molecule has 1 fully saturated rings. The minimum atomic E-state index is -0.356. The summed E-state index contributed by atoms with van der Waals surface area (Å²) in [6.07, 6.45) is 2.02. The number of nitrogens with zero attached hydrogens (tertiary/aromatic N) is 2. The normalized spacial score (nSPS) is 18.6. The highest BCUT2D eigenvalue weighted by molar-refractivity contribution is 7.22. The van der Waals surface area contributed by atoms with E-state index < -0.39 is 0 Å². The monoisotopic (exact) mass is 294 g/mol. The summed E-state index contributed by atoms with van der Waals surface area (Å²) in [7, 11) is 0. The van der Waals surface area contributed by atoms with E-state index in [2.05, 4.69) is 4.98 Å². The molecule has 0 bridgehead atoms. The Morgan fingerprint density at radius 3 is 3.10 bits per heavy atom. The van der Waals surface area contributed by atoms with Crippen LogP contribution in [0.3, 0.4) is 0 Å². The highest BCUT2D eigenvalue weighted by Gasteiger charge is 2.24. The third kappa shape index (κ3) is 2.53. The summed E-state index contributed by atoms with van der Waals surface area (Å²) in [6, 6.07) is 4.84. The van der Waals surface area contributed by atoms with Crippen LogP contribution < -0.4 is 4.90 Å².